The minimum Gasteiger partial charge on any atom is -0.487 e. The Bertz CT molecular complexity index is 926. The molecule has 1 aromatic carbocycles. The molecule has 23 heavy (non-hydrogen) atoms. The predicted molar refractivity (Wildman–Crippen MR) is 86.8 cm³/mol. The summed E-state index contributed by atoms with van der Waals surface area (Å²) in [5.41, 5.74) is 1.65. The molecule has 0 amide bonds. The summed E-state index contributed by atoms with van der Waals surface area (Å²) < 4.78 is 20.2. The minimum atomic E-state index is -0.309. The van der Waals surface area contributed by atoms with Gasteiger partial charge in [0.15, 0.2) is 4.96 Å². The molecule has 0 radical (unpaired) electrons. The van der Waals surface area contributed by atoms with Crippen LogP contribution < -0.4 is 10.3 Å². The first kappa shape index (κ1) is 14.4. The molecule has 4 nitrogen and oxygen atoms in total. The number of ether oxygens (including phenoxy) is 1. The van der Waals surface area contributed by atoms with Gasteiger partial charge in [0.2, 0.25) is 0 Å². The monoisotopic (exact) mass is 330 g/mol. The fraction of sp³-hybridized carbons (Fsp3) is 0.294. The van der Waals surface area contributed by atoms with Crippen LogP contribution >= 0.6 is 11.3 Å². The molecule has 0 bridgehead atoms. The quantitative estimate of drug-likeness (QED) is 0.733. The van der Waals surface area contributed by atoms with Crippen molar-refractivity contribution < 1.29 is 9.13 Å². The van der Waals surface area contributed by atoms with Crippen LogP contribution in [0.5, 0.6) is 5.75 Å². The summed E-state index contributed by atoms with van der Waals surface area (Å²) in [5.74, 6) is 0.746. The Kier molecular flexibility index (Phi) is 3.41. The summed E-state index contributed by atoms with van der Waals surface area (Å²) in [6, 6.07) is 7.31. The van der Waals surface area contributed by atoms with Crippen molar-refractivity contribution in [3.63, 3.8) is 0 Å². The van der Waals surface area contributed by atoms with Gasteiger partial charge in [-0.25, -0.2) is 9.37 Å². The molecule has 1 aliphatic carbocycles. The van der Waals surface area contributed by atoms with Crippen LogP contribution in [-0.4, -0.2) is 9.38 Å². The Morgan fingerprint density at radius 2 is 2.09 bits per heavy atom. The largest absolute Gasteiger partial charge is 0.487 e. The molecule has 0 unspecified atom stereocenters. The second-order valence-corrected chi connectivity index (χ2v) is 6.95. The molecule has 3 aromatic rings. The number of thiazole rings is 1. The van der Waals surface area contributed by atoms with Gasteiger partial charge in [-0.3, -0.25) is 9.20 Å². The first-order valence-electron chi connectivity index (χ1n) is 7.52. The first-order chi connectivity index (χ1) is 11.1. The number of nitrogens with zero attached hydrogens (tertiary/aromatic N) is 2. The Labute approximate surface area is 136 Å². The molecule has 0 atom stereocenters. The van der Waals surface area contributed by atoms with E-state index in [9.17, 15) is 9.18 Å². The lowest BCUT2D eigenvalue weighted by Crippen LogP contribution is -2.17. The Morgan fingerprint density at radius 1 is 1.35 bits per heavy atom. The van der Waals surface area contributed by atoms with E-state index < -0.39 is 0 Å². The molecule has 4 rings (SSSR count). The van der Waals surface area contributed by atoms with E-state index in [1.807, 2.05) is 6.92 Å². The van der Waals surface area contributed by atoms with Crippen molar-refractivity contribution in [1.29, 1.82) is 0 Å². The number of benzene rings is 1. The van der Waals surface area contributed by atoms with Crippen molar-refractivity contribution in [3.05, 3.63) is 62.8 Å². The number of hydrogen-bond donors (Lipinski definition) is 0. The fourth-order valence-electron chi connectivity index (χ4n) is 2.73. The van der Waals surface area contributed by atoms with Crippen molar-refractivity contribution in [3.8, 4) is 5.75 Å². The van der Waals surface area contributed by atoms with Crippen molar-refractivity contribution >= 4 is 16.3 Å². The third kappa shape index (κ3) is 2.74. The fourth-order valence-corrected chi connectivity index (χ4v) is 3.81. The number of hydrogen-bond acceptors (Lipinski definition) is 4. The highest BCUT2D eigenvalue weighted by Gasteiger charge is 2.29. The van der Waals surface area contributed by atoms with Crippen LogP contribution in [0, 0.1) is 12.7 Å². The number of fused-ring (bicyclic) bond motifs is 1. The molecule has 2 aromatic heterocycles. The normalized spacial score (nSPS) is 14.3. The van der Waals surface area contributed by atoms with Gasteiger partial charge in [0.25, 0.3) is 5.56 Å². The van der Waals surface area contributed by atoms with Gasteiger partial charge in [-0.15, -0.1) is 11.3 Å². The SMILES string of the molecule is Cc1sc2nc(COc3ccc(F)cc3)cc(=O)n2c1C1CC1. The molecule has 6 heteroatoms. The van der Waals surface area contributed by atoms with Crippen LogP contribution in [0.25, 0.3) is 4.96 Å². The molecule has 0 saturated heterocycles. The molecule has 0 aliphatic heterocycles. The average Bonchev–Trinajstić information content (AvgIpc) is 3.29. The van der Waals surface area contributed by atoms with E-state index in [4.69, 9.17) is 4.74 Å². The Morgan fingerprint density at radius 3 is 2.78 bits per heavy atom. The topological polar surface area (TPSA) is 43.6 Å². The number of halogens is 1. The maximum absolute atomic E-state index is 12.9. The zero-order chi connectivity index (χ0) is 16.0. The summed E-state index contributed by atoms with van der Waals surface area (Å²) in [7, 11) is 0. The van der Waals surface area contributed by atoms with E-state index in [1.54, 1.807) is 27.9 Å². The predicted octanol–water partition coefficient (Wildman–Crippen LogP) is 3.66. The van der Waals surface area contributed by atoms with E-state index in [-0.39, 0.29) is 18.0 Å². The number of rotatable bonds is 4. The third-order valence-corrected chi connectivity index (χ3v) is 4.92. The summed E-state index contributed by atoms with van der Waals surface area (Å²) in [6.45, 7) is 2.23. The molecular weight excluding hydrogens is 315 g/mol. The summed E-state index contributed by atoms with van der Waals surface area (Å²) >= 11 is 1.55. The van der Waals surface area contributed by atoms with Crippen molar-refractivity contribution in [2.24, 2.45) is 0 Å². The Balaban J connectivity index is 1.63. The molecule has 2 heterocycles. The van der Waals surface area contributed by atoms with Crippen LogP contribution in [0.1, 0.15) is 35.0 Å². The highest BCUT2D eigenvalue weighted by molar-refractivity contribution is 7.17. The molecule has 118 valence electrons. The van der Waals surface area contributed by atoms with Gasteiger partial charge in [-0.05, 0) is 44.0 Å². The highest BCUT2D eigenvalue weighted by Crippen LogP contribution is 2.43. The maximum Gasteiger partial charge on any atom is 0.259 e. The Hall–Kier alpha value is -2.21. The molecule has 1 aliphatic rings. The summed E-state index contributed by atoms with van der Waals surface area (Å²) in [5, 5.41) is 0. The van der Waals surface area contributed by atoms with Crippen molar-refractivity contribution in [2.45, 2.75) is 32.3 Å². The lowest BCUT2D eigenvalue weighted by atomic mass is 10.2. The van der Waals surface area contributed by atoms with Gasteiger partial charge in [0.1, 0.15) is 18.2 Å². The van der Waals surface area contributed by atoms with Gasteiger partial charge in [0.05, 0.1) is 5.69 Å². The summed E-state index contributed by atoms with van der Waals surface area (Å²) in [4.78, 5) is 18.9. The average molecular weight is 330 g/mol. The molecule has 0 N–H and O–H groups in total. The molecule has 1 fully saturated rings. The first-order valence-corrected chi connectivity index (χ1v) is 8.34. The van der Waals surface area contributed by atoms with E-state index in [1.165, 1.54) is 18.2 Å². The maximum atomic E-state index is 12.9. The lowest BCUT2D eigenvalue weighted by molar-refractivity contribution is 0.301. The smallest absolute Gasteiger partial charge is 0.259 e. The van der Waals surface area contributed by atoms with Crippen LogP contribution in [0.2, 0.25) is 0 Å². The van der Waals surface area contributed by atoms with Crippen LogP contribution in [0.4, 0.5) is 4.39 Å². The number of aryl methyl sites for hydroxylation is 1. The number of aromatic nitrogens is 2. The van der Waals surface area contributed by atoms with E-state index >= 15 is 0 Å². The molecular formula is C17H15FN2O2S. The second-order valence-electron chi connectivity index (χ2n) is 5.76. The van der Waals surface area contributed by atoms with E-state index in [2.05, 4.69) is 4.98 Å². The minimum absolute atomic E-state index is 0.0565. The van der Waals surface area contributed by atoms with Gasteiger partial charge < -0.3 is 4.74 Å². The molecule has 1 saturated carbocycles. The molecule has 0 spiro atoms. The van der Waals surface area contributed by atoms with E-state index in [0.717, 1.165) is 28.4 Å². The van der Waals surface area contributed by atoms with Crippen molar-refractivity contribution in [2.75, 3.05) is 0 Å². The van der Waals surface area contributed by atoms with Gasteiger partial charge in [-0.2, -0.15) is 0 Å². The zero-order valence-corrected chi connectivity index (χ0v) is 13.4. The van der Waals surface area contributed by atoms with Gasteiger partial charge in [-0.1, -0.05) is 0 Å². The summed E-state index contributed by atoms with van der Waals surface area (Å²) in [6.07, 6.45) is 2.29. The van der Waals surface area contributed by atoms with Crippen molar-refractivity contribution in [1.82, 2.24) is 9.38 Å². The standard InChI is InChI=1S/C17H15FN2O2S/c1-10-16(11-2-3-11)20-15(21)8-13(19-17(20)23-10)9-22-14-6-4-12(18)5-7-14/h4-8,11H,2-3,9H2,1H3. The van der Waals surface area contributed by atoms with Crippen LogP contribution in [-0.2, 0) is 6.61 Å². The third-order valence-electron chi connectivity index (χ3n) is 3.95. The van der Waals surface area contributed by atoms with Crippen LogP contribution in [0.3, 0.4) is 0 Å². The lowest BCUT2D eigenvalue weighted by Gasteiger charge is -2.06. The highest BCUT2D eigenvalue weighted by atomic mass is 32.1. The van der Waals surface area contributed by atoms with E-state index in [0.29, 0.717) is 17.4 Å². The zero-order valence-electron chi connectivity index (χ0n) is 12.6. The van der Waals surface area contributed by atoms with Crippen LogP contribution in [0.15, 0.2) is 35.1 Å². The van der Waals surface area contributed by atoms with Gasteiger partial charge >= 0.3 is 0 Å². The van der Waals surface area contributed by atoms with Gasteiger partial charge in [0, 0.05) is 22.6 Å². The second kappa shape index (κ2) is 5.45.